The number of anilines is 1. The molecule has 0 bridgehead atoms. The van der Waals surface area contributed by atoms with Gasteiger partial charge in [-0.2, -0.15) is 4.98 Å². The Morgan fingerprint density at radius 2 is 1.69 bits per heavy atom. The topological polar surface area (TPSA) is 90.7 Å². The highest BCUT2D eigenvalue weighted by Crippen LogP contribution is 2.25. The zero-order valence-corrected chi connectivity index (χ0v) is 20.6. The first-order valence-corrected chi connectivity index (χ1v) is 11.9. The van der Waals surface area contributed by atoms with Crippen molar-refractivity contribution in [2.45, 2.75) is 19.6 Å². The van der Waals surface area contributed by atoms with Crippen molar-refractivity contribution < 1.29 is 19.3 Å². The summed E-state index contributed by atoms with van der Waals surface area (Å²) >= 11 is 0. The van der Waals surface area contributed by atoms with Gasteiger partial charge in [0.1, 0.15) is 6.61 Å². The van der Waals surface area contributed by atoms with E-state index in [1.54, 1.807) is 11.8 Å². The minimum absolute atomic E-state index is 0.255. The predicted molar refractivity (Wildman–Crippen MR) is 139 cm³/mol. The summed E-state index contributed by atoms with van der Waals surface area (Å²) in [6, 6.07) is 26.1. The average molecular weight is 489 g/mol. The van der Waals surface area contributed by atoms with Crippen LogP contribution in [0.5, 0.6) is 6.01 Å². The number of hydrogen-bond acceptors (Lipinski definition) is 7. The monoisotopic (exact) mass is 488 g/mol. The molecule has 0 spiro atoms. The minimum atomic E-state index is -0.622. The molecule has 36 heavy (non-hydrogen) atoms. The van der Waals surface area contributed by atoms with Gasteiger partial charge in [-0.25, -0.2) is 4.68 Å². The SMILES string of the molecule is COCCOc1nc(-c2ccc(C)cc2)n(-c2ccc(NC[C@H](O)COCc3ccccc3)cc2)n1. The van der Waals surface area contributed by atoms with Gasteiger partial charge < -0.3 is 24.6 Å². The lowest BCUT2D eigenvalue weighted by atomic mass is 10.1. The molecule has 0 amide bonds. The summed E-state index contributed by atoms with van der Waals surface area (Å²) in [6.07, 6.45) is -0.622. The van der Waals surface area contributed by atoms with Gasteiger partial charge in [-0.3, -0.25) is 0 Å². The maximum Gasteiger partial charge on any atom is 0.336 e. The first-order chi connectivity index (χ1) is 17.6. The fourth-order valence-corrected chi connectivity index (χ4v) is 3.54. The molecule has 4 rings (SSSR count). The van der Waals surface area contributed by atoms with Gasteiger partial charge in [-0.1, -0.05) is 60.2 Å². The molecule has 0 aliphatic heterocycles. The van der Waals surface area contributed by atoms with Crippen molar-refractivity contribution in [2.24, 2.45) is 0 Å². The molecule has 3 aromatic carbocycles. The standard InChI is InChI=1S/C28H32N4O4/c1-21-8-10-23(11-9-21)27-30-28(36-17-16-34-2)31-32(27)25-14-12-24(13-15-25)29-18-26(33)20-35-19-22-6-4-3-5-7-22/h3-15,26,29,33H,16-20H2,1-2H3/t26-/m0/s1. The molecule has 0 radical (unpaired) electrons. The van der Waals surface area contributed by atoms with Crippen molar-refractivity contribution >= 4 is 5.69 Å². The van der Waals surface area contributed by atoms with Crippen molar-refractivity contribution in [3.63, 3.8) is 0 Å². The van der Waals surface area contributed by atoms with E-state index in [-0.39, 0.29) is 6.61 Å². The Morgan fingerprint density at radius 1 is 0.944 bits per heavy atom. The summed E-state index contributed by atoms with van der Waals surface area (Å²) in [5, 5.41) is 18.1. The summed E-state index contributed by atoms with van der Waals surface area (Å²) in [7, 11) is 1.62. The Bertz CT molecular complexity index is 1190. The lowest BCUT2D eigenvalue weighted by Gasteiger charge is -2.14. The van der Waals surface area contributed by atoms with Gasteiger partial charge in [-0.15, -0.1) is 5.10 Å². The number of methoxy groups -OCH3 is 1. The molecule has 8 nitrogen and oxygen atoms in total. The fourth-order valence-electron chi connectivity index (χ4n) is 3.54. The van der Waals surface area contributed by atoms with Crippen LogP contribution in [0.1, 0.15) is 11.1 Å². The summed E-state index contributed by atoms with van der Waals surface area (Å²) in [4.78, 5) is 4.60. The number of aromatic nitrogens is 3. The normalized spacial score (nSPS) is 11.9. The third-order valence-corrected chi connectivity index (χ3v) is 5.49. The van der Waals surface area contributed by atoms with Crippen LogP contribution >= 0.6 is 0 Å². The molecule has 0 fully saturated rings. The van der Waals surface area contributed by atoms with Crippen LogP contribution in [-0.4, -0.2) is 59.5 Å². The number of hydrogen-bond donors (Lipinski definition) is 2. The zero-order chi connectivity index (χ0) is 25.2. The van der Waals surface area contributed by atoms with Crippen molar-refractivity contribution in [3.8, 4) is 23.1 Å². The second-order valence-corrected chi connectivity index (χ2v) is 8.42. The number of ether oxygens (including phenoxy) is 3. The van der Waals surface area contributed by atoms with E-state index in [2.05, 4.69) is 15.4 Å². The highest BCUT2D eigenvalue weighted by Gasteiger charge is 2.15. The van der Waals surface area contributed by atoms with Crippen LogP contribution in [0.4, 0.5) is 5.69 Å². The van der Waals surface area contributed by atoms with E-state index in [9.17, 15) is 5.11 Å². The number of aryl methyl sites for hydroxylation is 1. The smallest absolute Gasteiger partial charge is 0.336 e. The maximum absolute atomic E-state index is 10.3. The summed E-state index contributed by atoms with van der Waals surface area (Å²) in [6.45, 7) is 3.98. The van der Waals surface area contributed by atoms with Gasteiger partial charge in [0.2, 0.25) is 0 Å². The molecular weight excluding hydrogens is 456 g/mol. The third-order valence-electron chi connectivity index (χ3n) is 5.49. The Morgan fingerprint density at radius 3 is 2.42 bits per heavy atom. The number of aliphatic hydroxyl groups excluding tert-OH is 1. The van der Waals surface area contributed by atoms with Gasteiger partial charge >= 0.3 is 6.01 Å². The van der Waals surface area contributed by atoms with E-state index in [4.69, 9.17) is 14.2 Å². The van der Waals surface area contributed by atoms with Crippen LogP contribution < -0.4 is 10.1 Å². The fraction of sp³-hybridized carbons (Fsp3) is 0.286. The first-order valence-electron chi connectivity index (χ1n) is 11.9. The number of nitrogens with one attached hydrogen (secondary N) is 1. The lowest BCUT2D eigenvalue weighted by Crippen LogP contribution is -2.24. The summed E-state index contributed by atoms with van der Waals surface area (Å²) in [5.41, 5.74) is 4.92. The number of aliphatic hydroxyl groups is 1. The maximum atomic E-state index is 10.3. The quantitative estimate of drug-likeness (QED) is 0.272. The zero-order valence-electron chi connectivity index (χ0n) is 20.6. The highest BCUT2D eigenvalue weighted by molar-refractivity contribution is 5.60. The van der Waals surface area contributed by atoms with E-state index in [0.717, 1.165) is 22.5 Å². The number of rotatable bonds is 13. The second kappa shape index (κ2) is 12.8. The van der Waals surface area contributed by atoms with Crippen LogP contribution in [0.25, 0.3) is 17.1 Å². The summed E-state index contributed by atoms with van der Waals surface area (Å²) < 4.78 is 18.1. The van der Waals surface area contributed by atoms with E-state index in [1.165, 1.54) is 5.56 Å². The van der Waals surface area contributed by atoms with Gasteiger partial charge in [0.25, 0.3) is 0 Å². The largest absolute Gasteiger partial charge is 0.460 e. The van der Waals surface area contributed by atoms with Gasteiger partial charge in [0, 0.05) is 24.9 Å². The molecule has 0 aliphatic rings. The molecule has 1 heterocycles. The third kappa shape index (κ3) is 7.14. The van der Waals surface area contributed by atoms with E-state index < -0.39 is 6.10 Å². The van der Waals surface area contributed by atoms with Crippen molar-refractivity contribution in [1.29, 1.82) is 0 Å². The van der Waals surface area contributed by atoms with Crippen LogP contribution in [-0.2, 0) is 16.1 Å². The Hall–Kier alpha value is -3.72. The number of nitrogens with zero attached hydrogens (tertiary/aromatic N) is 3. The number of benzene rings is 3. The van der Waals surface area contributed by atoms with Crippen LogP contribution in [0.2, 0.25) is 0 Å². The van der Waals surface area contributed by atoms with Crippen molar-refractivity contribution in [2.75, 3.05) is 38.8 Å². The van der Waals surface area contributed by atoms with Crippen LogP contribution in [0.3, 0.4) is 0 Å². The van der Waals surface area contributed by atoms with E-state index in [0.29, 0.717) is 38.2 Å². The Labute approximate surface area is 211 Å². The van der Waals surface area contributed by atoms with Crippen molar-refractivity contribution in [1.82, 2.24) is 14.8 Å². The molecular formula is C28H32N4O4. The first kappa shape index (κ1) is 25.4. The Kier molecular flexibility index (Phi) is 9.04. The molecule has 0 saturated heterocycles. The Balaban J connectivity index is 1.38. The van der Waals surface area contributed by atoms with Gasteiger partial charge in [0.05, 0.1) is 31.6 Å². The molecule has 188 valence electrons. The molecule has 0 saturated carbocycles. The highest BCUT2D eigenvalue weighted by atomic mass is 16.5. The predicted octanol–water partition coefficient (Wildman–Crippen LogP) is 4.26. The van der Waals surface area contributed by atoms with Gasteiger partial charge in [-0.05, 0) is 36.8 Å². The second-order valence-electron chi connectivity index (χ2n) is 8.42. The van der Waals surface area contributed by atoms with Crippen LogP contribution in [0, 0.1) is 6.92 Å². The van der Waals surface area contributed by atoms with Gasteiger partial charge in [0.15, 0.2) is 5.82 Å². The average Bonchev–Trinajstić information content (AvgIpc) is 3.33. The molecule has 1 aromatic heterocycles. The molecule has 0 unspecified atom stereocenters. The lowest BCUT2D eigenvalue weighted by molar-refractivity contribution is 0.0348. The van der Waals surface area contributed by atoms with Crippen LogP contribution in [0.15, 0.2) is 78.9 Å². The van der Waals surface area contributed by atoms with E-state index >= 15 is 0 Å². The van der Waals surface area contributed by atoms with E-state index in [1.807, 2.05) is 85.8 Å². The minimum Gasteiger partial charge on any atom is -0.460 e. The van der Waals surface area contributed by atoms with Crippen molar-refractivity contribution in [3.05, 3.63) is 90.0 Å². The molecule has 2 N–H and O–H groups in total. The molecule has 8 heteroatoms. The summed E-state index contributed by atoms with van der Waals surface area (Å²) in [5.74, 6) is 0.689. The molecule has 4 aromatic rings. The molecule has 0 aliphatic carbocycles. The molecule has 1 atom stereocenters.